The Bertz CT molecular complexity index is 344. The smallest absolute Gasteiger partial charge is 0.177 e. The van der Waals surface area contributed by atoms with E-state index in [1.165, 1.54) is 31.4 Å². The molecule has 0 bridgehead atoms. The predicted octanol–water partition coefficient (Wildman–Crippen LogP) is 3.30. The topological polar surface area (TPSA) is 20.7 Å². The average molecular weight is 210 g/mol. The van der Waals surface area contributed by atoms with Crippen LogP contribution in [0.25, 0.3) is 0 Å². The SMILES string of the molecule is CCc1c[nH]c(=S)n1CC1CCCC1. The fraction of sp³-hybridized carbons (Fsp3) is 0.727. The first-order valence-electron chi connectivity index (χ1n) is 5.58. The summed E-state index contributed by atoms with van der Waals surface area (Å²) in [5.74, 6) is 0.864. The third kappa shape index (κ3) is 1.92. The molecule has 0 spiro atoms. The number of nitrogens with zero attached hydrogens (tertiary/aromatic N) is 1. The van der Waals surface area contributed by atoms with Crippen LogP contribution in [0.5, 0.6) is 0 Å². The lowest BCUT2D eigenvalue weighted by atomic mass is 10.1. The van der Waals surface area contributed by atoms with Gasteiger partial charge < -0.3 is 9.55 Å². The number of aromatic nitrogens is 2. The van der Waals surface area contributed by atoms with Crippen molar-refractivity contribution in [1.82, 2.24) is 9.55 Å². The van der Waals surface area contributed by atoms with Gasteiger partial charge in [0.2, 0.25) is 0 Å². The molecular formula is C11H18N2S. The highest BCUT2D eigenvalue weighted by atomic mass is 32.1. The van der Waals surface area contributed by atoms with Crippen LogP contribution >= 0.6 is 12.2 Å². The van der Waals surface area contributed by atoms with Crippen molar-refractivity contribution < 1.29 is 0 Å². The van der Waals surface area contributed by atoms with Crippen LogP contribution < -0.4 is 0 Å². The Hall–Kier alpha value is -0.570. The van der Waals surface area contributed by atoms with Crippen molar-refractivity contribution in [3.8, 4) is 0 Å². The monoisotopic (exact) mass is 210 g/mol. The van der Waals surface area contributed by atoms with Gasteiger partial charge >= 0.3 is 0 Å². The van der Waals surface area contributed by atoms with Crippen LogP contribution in [-0.4, -0.2) is 9.55 Å². The molecule has 1 aromatic rings. The maximum absolute atomic E-state index is 5.28. The fourth-order valence-corrected chi connectivity index (χ4v) is 2.63. The number of hydrogen-bond acceptors (Lipinski definition) is 1. The quantitative estimate of drug-likeness (QED) is 0.759. The van der Waals surface area contributed by atoms with Crippen LogP contribution in [0.15, 0.2) is 6.20 Å². The van der Waals surface area contributed by atoms with Gasteiger partial charge in [-0.25, -0.2) is 0 Å². The summed E-state index contributed by atoms with van der Waals surface area (Å²) in [6.07, 6.45) is 8.71. The first kappa shape index (κ1) is 9.97. The molecule has 0 atom stereocenters. The fourth-order valence-electron chi connectivity index (χ4n) is 2.38. The summed E-state index contributed by atoms with van der Waals surface area (Å²) in [6.45, 7) is 3.31. The van der Waals surface area contributed by atoms with Crippen LogP contribution in [0.1, 0.15) is 38.3 Å². The molecule has 14 heavy (non-hydrogen) atoms. The molecule has 0 aromatic carbocycles. The first-order chi connectivity index (χ1) is 6.81. The van der Waals surface area contributed by atoms with Gasteiger partial charge in [-0.1, -0.05) is 19.8 Å². The minimum Gasteiger partial charge on any atom is -0.337 e. The third-order valence-corrected chi connectivity index (χ3v) is 3.57. The van der Waals surface area contributed by atoms with Gasteiger partial charge in [0.15, 0.2) is 4.77 Å². The summed E-state index contributed by atoms with van der Waals surface area (Å²) in [4.78, 5) is 3.14. The number of aryl methyl sites for hydroxylation is 1. The van der Waals surface area contributed by atoms with Crippen molar-refractivity contribution in [2.45, 2.75) is 45.6 Å². The molecule has 0 unspecified atom stereocenters. The zero-order valence-electron chi connectivity index (χ0n) is 8.75. The van der Waals surface area contributed by atoms with Crippen molar-refractivity contribution in [2.75, 3.05) is 0 Å². The van der Waals surface area contributed by atoms with E-state index in [-0.39, 0.29) is 0 Å². The molecule has 1 aliphatic carbocycles. The number of imidazole rings is 1. The van der Waals surface area contributed by atoms with E-state index in [1.807, 2.05) is 0 Å². The van der Waals surface area contributed by atoms with E-state index in [9.17, 15) is 0 Å². The van der Waals surface area contributed by atoms with Gasteiger partial charge in [-0.3, -0.25) is 0 Å². The Morgan fingerprint density at radius 1 is 1.50 bits per heavy atom. The van der Waals surface area contributed by atoms with Crippen LogP contribution in [-0.2, 0) is 13.0 Å². The minimum atomic E-state index is 0.864. The van der Waals surface area contributed by atoms with Gasteiger partial charge in [-0.15, -0.1) is 0 Å². The van der Waals surface area contributed by atoms with E-state index in [0.717, 1.165) is 23.7 Å². The molecule has 1 heterocycles. The van der Waals surface area contributed by atoms with Gasteiger partial charge in [-0.05, 0) is 37.4 Å². The molecule has 78 valence electrons. The highest BCUT2D eigenvalue weighted by molar-refractivity contribution is 7.71. The number of H-pyrrole nitrogens is 1. The molecule has 0 amide bonds. The zero-order valence-corrected chi connectivity index (χ0v) is 9.57. The van der Waals surface area contributed by atoms with Crippen molar-refractivity contribution in [3.63, 3.8) is 0 Å². The molecule has 2 nitrogen and oxygen atoms in total. The van der Waals surface area contributed by atoms with Gasteiger partial charge in [0, 0.05) is 18.4 Å². The Morgan fingerprint density at radius 3 is 2.86 bits per heavy atom. The van der Waals surface area contributed by atoms with E-state index in [2.05, 4.69) is 22.7 Å². The molecule has 1 N–H and O–H groups in total. The van der Waals surface area contributed by atoms with Crippen molar-refractivity contribution in [2.24, 2.45) is 5.92 Å². The predicted molar refractivity (Wildman–Crippen MR) is 61.0 cm³/mol. The van der Waals surface area contributed by atoms with Crippen molar-refractivity contribution >= 4 is 12.2 Å². The lowest BCUT2D eigenvalue weighted by molar-refractivity contribution is 0.446. The zero-order chi connectivity index (χ0) is 9.97. The molecule has 3 heteroatoms. The van der Waals surface area contributed by atoms with E-state index in [4.69, 9.17) is 12.2 Å². The Kier molecular flexibility index (Phi) is 3.06. The van der Waals surface area contributed by atoms with Crippen LogP contribution in [0, 0.1) is 10.7 Å². The largest absolute Gasteiger partial charge is 0.337 e. The second-order valence-electron chi connectivity index (χ2n) is 4.20. The number of rotatable bonds is 3. The summed E-state index contributed by atoms with van der Waals surface area (Å²) in [5.41, 5.74) is 1.35. The molecular weight excluding hydrogens is 192 g/mol. The minimum absolute atomic E-state index is 0.864. The third-order valence-electron chi connectivity index (χ3n) is 3.23. The van der Waals surface area contributed by atoms with E-state index < -0.39 is 0 Å². The van der Waals surface area contributed by atoms with Crippen LogP contribution in [0.3, 0.4) is 0 Å². The second-order valence-corrected chi connectivity index (χ2v) is 4.59. The molecule has 0 saturated heterocycles. The molecule has 1 saturated carbocycles. The summed E-state index contributed by atoms with van der Waals surface area (Å²) in [6, 6.07) is 0. The lowest BCUT2D eigenvalue weighted by Gasteiger charge is -2.12. The molecule has 1 aromatic heterocycles. The highest BCUT2D eigenvalue weighted by Gasteiger charge is 2.16. The van der Waals surface area contributed by atoms with Gasteiger partial charge in [0.25, 0.3) is 0 Å². The van der Waals surface area contributed by atoms with Crippen LogP contribution in [0.2, 0.25) is 0 Å². The van der Waals surface area contributed by atoms with Gasteiger partial charge in [0.05, 0.1) is 0 Å². The number of hydrogen-bond donors (Lipinski definition) is 1. The number of nitrogens with one attached hydrogen (secondary N) is 1. The Balaban J connectivity index is 2.13. The molecule has 2 rings (SSSR count). The van der Waals surface area contributed by atoms with Crippen molar-refractivity contribution in [3.05, 3.63) is 16.7 Å². The molecule has 0 aliphatic heterocycles. The standard InChI is InChI=1S/C11H18N2S/c1-2-10-7-12-11(14)13(10)8-9-5-3-4-6-9/h7,9H,2-6,8H2,1H3,(H,12,14). The van der Waals surface area contributed by atoms with E-state index in [1.54, 1.807) is 0 Å². The molecule has 1 aliphatic rings. The Labute approximate surface area is 90.3 Å². The van der Waals surface area contributed by atoms with E-state index >= 15 is 0 Å². The normalized spacial score (nSPS) is 17.8. The van der Waals surface area contributed by atoms with E-state index in [0.29, 0.717) is 0 Å². The lowest BCUT2D eigenvalue weighted by Crippen LogP contribution is -2.09. The average Bonchev–Trinajstić information content (AvgIpc) is 2.79. The first-order valence-corrected chi connectivity index (χ1v) is 5.99. The second kappa shape index (κ2) is 4.30. The summed E-state index contributed by atoms with van der Waals surface area (Å²) < 4.78 is 3.18. The summed E-state index contributed by atoms with van der Waals surface area (Å²) >= 11 is 5.28. The van der Waals surface area contributed by atoms with Gasteiger partial charge in [-0.2, -0.15) is 0 Å². The summed E-state index contributed by atoms with van der Waals surface area (Å²) in [7, 11) is 0. The van der Waals surface area contributed by atoms with Gasteiger partial charge in [0.1, 0.15) is 0 Å². The highest BCUT2D eigenvalue weighted by Crippen LogP contribution is 2.26. The Morgan fingerprint density at radius 2 is 2.21 bits per heavy atom. The maximum Gasteiger partial charge on any atom is 0.177 e. The molecule has 0 radical (unpaired) electrons. The summed E-state index contributed by atoms with van der Waals surface area (Å²) in [5, 5.41) is 0. The molecule has 1 fully saturated rings. The number of aromatic amines is 1. The maximum atomic E-state index is 5.28. The van der Waals surface area contributed by atoms with Crippen molar-refractivity contribution in [1.29, 1.82) is 0 Å². The van der Waals surface area contributed by atoms with Crippen LogP contribution in [0.4, 0.5) is 0 Å².